The van der Waals surface area contributed by atoms with Crippen LogP contribution in [0.15, 0.2) is 46.9 Å². The number of hydrogen-bond donors (Lipinski definition) is 1. The fraction of sp³-hybridized carbons (Fsp3) is 0.250. The van der Waals surface area contributed by atoms with Crippen LogP contribution < -0.4 is 10.5 Å². The molecule has 0 aliphatic carbocycles. The van der Waals surface area contributed by atoms with Gasteiger partial charge in [-0.05, 0) is 35.7 Å². The van der Waals surface area contributed by atoms with E-state index in [-0.39, 0.29) is 6.04 Å². The van der Waals surface area contributed by atoms with Crippen LogP contribution in [0.2, 0.25) is 0 Å². The maximum absolute atomic E-state index is 6.35. The van der Waals surface area contributed by atoms with E-state index in [1.165, 1.54) is 5.56 Å². The van der Waals surface area contributed by atoms with E-state index in [0.29, 0.717) is 0 Å². The molecule has 1 unspecified atom stereocenters. The summed E-state index contributed by atoms with van der Waals surface area (Å²) in [4.78, 5) is 0. The van der Waals surface area contributed by atoms with Gasteiger partial charge in [0.15, 0.2) is 0 Å². The summed E-state index contributed by atoms with van der Waals surface area (Å²) in [6, 6.07) is 14.1. The van der Waals surface area contributed by atoms with Gasteiger partial charge in [0.05, 0.1) is 13.2 Å². The van der Waals surface area contributed by atoms with Gasteiger partial charge in [0.25, 0.3) is 0 Å². The Morgan fingerprint density at radius 1 is 1.16 bits per heavy atom. The standard InChI is InChI=1S/C16H18BrNO/c1-3-11-4-6-12(7-5-11)16(18)14-10-13(17)8-9-15(14)19-2/h4-10,16H,3,18H2,1-2H3. The average molecular weight is 320 g/mol. The molecule has 2 rings (SSSR count). The average Bonchev–Trinajstić information content (AvgIpc) is 2.46. The third kappa shape index (κ3) is 3.17. The fourth-order valence-electron chi connectivity index (χ4n) is 2.09. The van der Waals surface area contributed by atoms with Crippen LogP contribution in [-0.4, -0.2) is 7.11 Å². The second-order valence-electron chi connectivity index (χ2n) is 4.46. The monoisotopic (exact) mass is 319 g/mol. The minimum Gasteiger partial charge on any atom is -0.496 e. The Labute approximate surface area is 122 Å². The van der Waals surface area contributed by atoms with Crippen LogP contribution in [0.25, 0.3) is 0 Å². The molecule has 0 aliphatic heterocycles. The first-order chi connectivity index (χ1) is 9.15. The molecular weight excluding hydrogens is 302 g/mol. The van der Waals surface area contributed by atoms with Crippen molar-refractivity contribution < 1.29 is 4.74 Å². The highest BCUT2D eigenvalue weighted by molar-refractivity contribution is 9.10. The molecule has 0 spiro atoms. The van der Waals surface area contributed by atoms with Gasteiger partial charge in [-0.1, -0.05) is 47.1 Å². The quantitative estimate of drug-likeness (QED) is 0.922. The zero-order chi connectivity index (χ0) is 13.8. The van der Waals surface area contributed by atoms with Crippen molar-refractivity contribution in [3.05, 3.63) is 63.6 Å². The van der Waals surface area contributed by atoms with E-state index in [1.807, 2.05) is 18.2 Å². The summed E-state index contributed by atoms with van der Waals surface area (Å²) in [6.45, 7) is 2.15. The highest BCUT2D eigenvalue weighted by atomic mass is 79.9. The molecule has 0 bridgehead atoms. The van der Waals surface area contributed by atoms with Crippen molar-refractivity contribution in [3.63, 3.8) is 0 Å². The number of ether oxygens (including phenoxy) is 1. The van der Waals surface area contributed by atoms with E-state index >= 15 is 0 Å². The molecule has 0 saturated heterocycles. The van der Waals surface area contributed by atoms with Crippen molar-refractivity contribution in [1.82, 2.24) is 0 Å². The lowest BCUT2D eigenvalue weighted by atomic mass is 9.97. The van der Waals surface area contributed by atoms with Crippen LogP contribution >= 0.6 is 15.9 Å². The molecule has 3 heteroatoms. The van der Waals surface area contributed by atoms with Crippen molar-refractivity contribution in [1.29, 1.82) is 0 Å². The summed E-state index contributed by atoms with van der Waals surface area (Å²) in [5, 5.41) is 0. The van der Waals surface area contributed by atoms with Crippen molar-refractivity contribution in [2.24, 2.45) is 5.73 Å². The molecule has 0 radical (unpaired) electrons. The number of methoxy groups -OCH3 is 1. The highest BCUT2D eigenvalue weighted by Crippen LogP contribution is 2.31. The van der Waals surface area contributed by atoms with E-state index in [0.717, 1.165) is 27.8 Å². The number of aryl methyl sites for hydroxylation is 1. The maximum atomic E-state index is 6.35. The molecule has 0 aliphatic rings. The van der Waals surface area contributed by atoms with E-state index < -0.39 is 0 Å². The lowest BCUT2D eigenvalue weighted by Gasteiger charge is -2.17. The van der Waals surface area contributed by atoms with E-state index in [4.69, 9.17) is 10.5 Å². The number of halogens is 1. The first-order valence-electron chi connectivity index (χ1n) is 6.33. The Hall–Kier alpha value is -1.32. The zero-order valence-corrected chi connectivity index (χ0v) is 12.8. The van der Waals surface area contributed by atoms with E-state index in [2.05, 4.69) is 47.1 Å². The van der Waals surface area contributed by atoms with Gasteiger partial charge < -0.3 is 10.5 Å². The first kappa shape index (κ1) is 14.1. The molecule has 0 saturated carbocycles. The highest BCUT2D eigenvalue weighted by Gasteiger charge is 2.14. The van der Waals surface area contributed by atoms with Gasteiger partial charge in [0.2, 0.25) is 0 Å². The van der Waals surface area contributed by atoms with Gasteiger partial charge in [-0.15, -0.1) is 0 Å². The topological polar surface area (TPSA) is 35.2 Å². The Morgan fingerprint density at radius 3 is 2.42 bits per heavy atom. The van der Waals surface area contributed by atoms with Gasteiger partial charge in [0.1, 0.15) is 5.75 Å². The van der Waals surface area contributed by atoms with Gasteiger partial charge in [0, 0.05) is 10.0 Å². The minimum atomic E-state index is -0.182. The SMILES string of the molecule is CCc1ccc(C(N)c2cc(Br)ccc2OC)cc1. The predicted molar refractivity (Wildman–Crippen MR) is 82.5 cm³/mol. The third-order valence-electron chi connectivity index (χ3n) is 3.27. The molecule has 0 fully saturated rings. The molecule has 100 valence electrons. The molecule has 19 heavy (non-hydrogen) atoms. The van der Waals surface area contributed by atoms with Gasteiger partial charge in [-0.2, -0.15) is 0 Å². The smallest absolute Gasteiger partial charge is 0.124 e. The fourth-order valence-corrected chi connectivity index (χ4v) is 2.47. The zero-order valence-electron chi connectivity index (χ0n) is 11.2. The normalized spacial score (nSPS) is 12.2. The Kier molecular flexibility index (Phi) is 4.61. The Morgan fingerprint density at radius 2 is 1.84 bits per heavy atom. The minimum absolute atomic E-state index is 0.182. The summed E-state index contributed by atoms with van der Waals surface area (Å²) in [5.41, 5.74) is 9.75. The Bertz CT molecular complexity index is 551. The summed E-state index contributed by atoms with van der Waals surface area (Å²) in [5.74, 6) is 0.815. The van der Waals surface area contributed by atoms with Gasteiger partial charge in [-0.3, -0.25) is 0 Å². The number of benzene rings is 2. The summed E-state index contributed by atoms with van der Waals surface area (Å²) in [7, 11) is 1.67. The van der Waals surface area contributed by atoms with Crippen LogP contribution in [0.4, 0.5) is 0 Å². The third-order valence-corrected chi connectivity index (χ3v) is 3.77. The van der Waals surface area contributed by atoms with Gasteiger partial charge in [-0.25, -0.2) is 0 Å². The van der Waals surface area contributed by atoms with Crippen LogP contribution in [0.1, 0.15) is 29.7 Å². The molecule has 0 heterocycles. The molecule has 2 nitrogen and oxygen atoms in total. The van der Waals surface area contributed by atoms with Crippen LogP contribution in [0.5, 0.6) is 5.75 Å². The molecule has 0 aromatic heterocycles. The Balaban J connectivity index is 2.36. The van der Waals surface area contributed by atoms with Crippen molar-refractivity contribution in [3.8, 4) is 5.75 Å². The van der Waals surface area contributed by atoms with Crippen molar-refractivity contribution in [2.75, 3.05) is 7.11 Å². The molecule has 0 amide bonds. The lowest BCUT2D eigenvalue weighted by Crippen LogP contribution is -2.13. The summed E-state index contributed by atoms with van der Waals surface area (Å²) in [6.07, 6.45) is 1.04. The van der Waals surface area contributed by atoms with Crippen LogP contribution in [0.3, 0.4) is 0 Å². The van der Waals surface area contributed by atoms with E-state index in [9.17, 15) is 0 Å². The van der Waals surface area contributed by atoms with Crippen LogP contribution in [-0.2, 0) is 6.42 Å². The predicted octanol–water partition coefficient (Wildman–Crippen LogP) is 4.07. The van der Waals surface area contributed by atoms with Crippen LogP contribution in [0, 0.1) is 0 Å². The molecule has 1 atom stereocenters. The number of hydrogen-bond acceptors (Lipinski definition) is 2. The van der Waals surface area contributed by atoms with Gasteiger partial charge >= 0.3 is 0 Å². The second kappa shape index (κ2) is 6.22. The number of nitrogens with two attached hydrogens (primary N) is 1. The van der Waals surface area contributed by atoms with Crippen molar-refractivity contribution in [2.45, 2.75) is 19.4 Å². The van der Waals surface area contributed by atoms with E-state index in [1.54, 1.807) is 7.11 Å². The maximum Gasteiger partial charge on any atom is 0.124 e. The summed E-state index contributed by atoms with van der Waals surface area (Å²) >= 11 is 3.48. The second-order valence-corrected chi connectivity index (χ2v) is 5.37. The molecule has 2 aromatic carbocycles. The first-order valence-corrected chi connectivity index (χ1v) is 7.13. The number of rotatable bonds is 4. The summed E-state index contributed by atoms with van der Waals surface area (Å²) < 4.78 is 6.39. The molecule has 2 aromatic rings. The molecule has 2 N–H and O–H groups in total. The lowest BCUT2D eigenvalue weighted by molar-refractivity contribution is 0.407. The molecular formula is C16H18BrNO. The largest absolute Gasteiger partial charge is 0.496 e. The van der Waals surface area contributed by atoms with Crippen molar-refractivity contribution >= 4 is 15.9 Å².